The number of benzene rings is 3. The summed E-state index contributed by atoms with van der Waals surface area (Å²) in [7, 11) is 7.59. The molecule has 0 spiro atoms. The van der Waals surface area contributed by atoms with Gasteiger partial charge in [-0.3, -0.25) is 0 Å². The predicted molar refractivity (Wildman–Crippen MR) is 158 cm³/mol. The highest BCUT2D eigenvalue weighted by Crippen LogP contribution is 2.41. The number of aromatic amines is 1. The molecular weight excluding hydrogens is 571 g/mol. The number of methoxy groups -OCH3 is 1. The first-order valence-corrected chi connectivity index (χ1v) is 14.4. The number of halogens is 4. The van der Waals surface area contributed by atoms with E-state index in [1.165, 1.54) is 36.0 Å². The highest BCUT2D eigenvalue weighted by molar-refractivity contribution is 7.98. The maximum Gasteiger partial charge on any atom is 0.166 e. The smallest absolute Gasteiger partial charge is 0.166 e. The van der Waals surface area contributed by atoms with Crippen LogP contribution in [0.3, 0.4) is 0 Å². The topological polar surface area (TPSA) is 47.1 Å². The van der Waals surface area contributed by atoms with E-state index in [1.54, 1.807) is 25.3 Å². The Labute approximate surface area is 248 Å². The van der Waals surface area contributed by atoms with Crippen molar-refractivity contribution in [1.29, 1.82) is 0 Å². The van der Waals surface area contributed by atoms with E-state index >= 15 is 0 Å². The third kappa shape index (κ3) is 7.39. The van der Waals surface area contributed by atoms with Gasteiger partial charge in [0.15, 0.2) is 5.16 Å². The molecule has 218 valence electrons. The fourth-order valence-corrected chi connectivity index (χ4v) is 5.34. The van der Waals surface area contributed by atoms with Gasteiger partial charge < -0.3 is 18.9 Å². The lowest BCUT2D eigenvalue weighted by Gasteiger charge is -2.26. The standard InChI is InChI=1S/C31H34ClF3N3O2S/c1-31(2,20-9-12-24(32)27(15-20)39-6)29-28(19-7-10-21(33)11-8-19)36-30(37-29)41-18-23-25(34)16-22(17-26(23)35)40-14-13-38(3,4)5/h7-12,15-17H,13-14,18H2,1-6H3,(H,36,37)/q+1. The fourth-order valence-electron chi connectivity index (χ4n) is 4.26. The highest BCUT2D eigenvalue weighted by atomic mass is 35.5. The van der Waals surface area contributed by atoms with Crippen LogP contribution in [0, 0.1) is 17.5 Å². The van der Waals surface area contributed by atoms with Gasteiger partial charge in [0.05, 0.1) is 44.7 Å². The molecule has 1 heterocycles. The Morgan fingerprint density at radius 1 is 0.976 bits per heavy atom. The summed E-state index contributed by atoms with van der Waals surface area (Å²) in [6, 6.07) is 14.0. The number of likely N-dealkylation sites (N-methyl/N-ethyl adjacent to an activating group) is 1. The largest absolute Gasteiger partial charge is 0.495 e. The normalized spacial score (nSPS) is 12.0. The molecule has 0 aliphatic heterocycles. The van der Waals surface area contributed by atoms with Gasteiger partial charge in [-0.2, -0.15) is 0 Å². The number of quaternary nitrogens is 1. The van der Waals surface area contributed by atoms with E-state index in [9.17, 15) is 13.2 Å². The fraction of sp³-hybridized carbons (Fsp3) is 0.323. The molecule has 3 aromatic carbocycles. The number of hydrogen-bond acceptors (Lipinski definition) is 4. The Hall–Kier alpha value is -3.14. The third-order valence-electron chi connectivity index (χ3n) is 6.80. The number of aromatic nitrogens is 2. The minimum Gasteiger partial charge on any atom is -0.495 e. The molecule has 0 saturated carbocycles. The molecule has 0 unspecified atom stereocenters. The van der Waals surface area contributed by atoms with E-state index in [0.717, 1.165) is 11.3 Å². The first-order valence-electron chi connectivity index (χ1n) is 13.0. The van der Waals surface area contributed by atoms with E-state index in [2.05, 4.69) is 4.98 Å². The zero-order valence-electron chi connectivity index (χ0n) is 23.9. The van der Waals surface area contributed by atoms with Crippen LogP contribution in [0.4, 0.5) is 13.2 Å². The zero-order chi connectivity index (χ0) is 29.9. The van der Waals surface area contributed by atoms with Crippen molar-refractivity contribution in [3.05, 3.63) is 93.9 Å². The van der Waals surface area contributed by atoms with Gasteiger partial charge in [-0.1, -0.05) is 43.3 Å². The Morgan fingerprint density at radius 2 is 1.63 bits per heavy atom. The predicted octanol–water partition coefficient (Wildman–Crippen LogP) is 7.86. The van der Waals surface area contributed by atoms with E-state index in [1.807, 2.05) is 47.1 Å². The molecule has 1 N–H and O–H groups in total. The molecule has 0 aliphatic carbocycles. The van der Waals surface area contributed by atoms with E-state index in [4.69, 9.17) is 26.1 Å². The maximum absolute atomic E-state index is 15.0. The van der Waals surface area contributed by atoms with Gasteiger partial charge in [0, 0.05) is 34.4 Å². The van der Waals surface area contributed by atoms with Crippen molar-refractivity contribution in [2.75, 3.05) is 41.4 Å². The summed E-state index contributed by atoms with van der Waals surface area (Å²) in [5, 5.41) is 0.955. The van der Waals surface area contributed by atoms with Crippen molar-refractivity contribution in [2.45, 2.75) is 30.2 Å². The van der Waals surface area contributed by atoms with Gasteiger partial charge in [-0.05, 0) is 42.0 Å². The van der Waals surface area contributed by atoms with Crippen molar-refractivity contribution in [2.24, 2.45) is 0 Å². The maximum atomic E-state index is 15.0. The Bertz CT molecular complexity index is 1500. The van der Waals surface area contributed by atoms with Gasteiger partial charge in [-0.25, -0.2) is 18.2 Å². The van der Waals surface area contributed by atoms with Crippen molar-refractivity contribution < 1.29 is 27.1 Å². The molecule has 0 bridgehead atoms. The van der Waals surface area contributed by atoms with Crippen molar-refractivity contribution in [3.63, 3.8) is 0 Å². The van der Waals surface area contributed by atoms with Crippen LogP contribution in [0.25, 0.3) is 11.3 Å². The number of nitrogens with zero attached hydrogens (tertiary/aromatic N) is 2. The number of H-pyrrole nitrogens is 1. The summed E-state index contributed by atoms with van der Waals surface area (Å²) in [6.07, 6.45) is 0. The molecule has 0 saturated heterocycles. The van der Waals surface area contributed by atoms with Crippen molar-refractivity contribution in [1.82, 2.24) is 9.97 Å². The molecule has 4 aromatic rings. The molecule has 0 aliphatic rings. The van der Waals surface area contributed by atoms with Crippen LogP contribution in [-0.2, 0) is 11.2 Å². The number of rotatable bonds is 11. The number of hydrogen-bond donors (Lipinski definition) is 1. The molecule has 4 rings (SSSR count). The molecule has 0 fully saturated rings. The van der Waals surface area contributed by atoms with Crippen molar-refractivity contribution >= 4 is 23.4 Å². The van der Waals surface area contributed by atoms with E-state index < -0.39 is 17.0 Å². The van der Waals surface area contributed by atoms with E-state index in [-0.39, 0.29) is 22.9 Å². The average Bonchev–Trinajstić information content (AvgIpc) is 3.33. The van der Waals surface area contributed by atoms with Crippen LogP contribution in [0.1, 0.15) is 30.7 Å². The summed E-state index contributed by atoms with van der Waals surface area (Å²) in [6.45, 7) is 5.06. The van der Waals surface area contributed by atoms with Crippen molar-refractivity contribution in [3.8, 4) is 22.8 Å². The Kier molecular flexibility index (Phi) is 9.31. The lowest BCUT2D eigenvalue weighted by Crippen LogP contribution is -2.38. The van der Waals surface area contributed by atoms with Gasteiger partial charge >= 0.3 is 0 Å². The molecule has 0 radical (unpaired) electrons. The van der Waals surface area contributed by atoms with Crippen LogP contribution in [0.2, 0.25) is 5.02 Å². The number of imidazole rings is 1. The third-order valence-corrected chi connectivity index (χ3v) is 8.01. The SMILES string of the molecule is COc1cc(C(C)(C)c2[nH]c(SCc3c(F)cc(OCC[N+](C)(C)C)cc3F)nc2-c2ccc(F)cc2)ccc1Cl. The molecule has 5 nitrogen and oxygen atoms in total. The summed E-state index contributed by atoms with van der Waals surface area (Å²) in [5.41, 5.74) is 2.27. The zero-order valence-corrected chi connectivity index (χ0v) is 25.5. The first-order chi connectivity index (χ1) is 19.3. The molecule has 10 heteroatoms. The number of thioether (sulfide) groups is 1. The number of nitrogens with one attached hydrogen (secondary N) is 1. The second kappa shape index (κ2) is 12.4. The minimum atomic E-state index is -0.683. The summed E-state index contributed by atoms with van der Waals surface area (Å²) in [4.78, 5) is 8.14. The van der Waals surface area contributed by atoms with Gasteiger partial charge in [0.25, 0.3) is 0 Å². The molecule has 1 aromatic heterocycles. The van der Waals surface area contributed by atoms with Crippen LogP contribution in [0.15, 0.2) is 59.8 Å². The Balaban J connectivity index is 1.63. The van der Waals surface area contributed by atoms with Gasteiger partial charge in [-0.15, -0.1) is 0 Å². The Morgan fingerprint density at radius 3 is 2.24 bits per heavy atom. The van der Waals surface area contributed by atoms with Gasteiger partial charge in [0.1, 0.15) is 42.1 Å². The monoisotopic (exact) mass is 604 g/mol. The molecule has 0 amide bonds. The van der Waals surface area contributed by atoms with Crippen LogP contribution < -0.4 is 9.47 Å². The average molecular weight is 605 g/mol. The highest BCUT2D eigenvalue weighted by Gasteiger charge is 2.31. The summed E-state index contributed by atoms with van der Waals surface area (Å²) >= 11 is 7.44. The first kappa shape index (κ1) is 30.8. The number of ether oxygens (including phenoxy) is 2. The van der Waals surface area contributed by atoms with E-state index in [0.29, 0.717) is 44.8 Å². The summed E-state index contributed by atoms with van der Waals surface area (Å²) < 4.78 is 55.3. The van der Waals surface area contributed by atoms with Gasteiger partial charge in [0.2, 0.25) is 0 Å². The lowest BCUT2D eigenvalue weighted by atomic mass is 9.79. The second-order valence-corrected chi connectivity index (χ2v) is 12.6. The van der Waals surface area contributed by atoms with Crippen LogP contribution in [0.5, 0.6) is 11.5 Å². The minimum absolute atomic E-state index is 0.00182. The lowest BCUT2D eigenvalue weighted by molar-refractivity contribution is -0.870. The molecule has 0 atom stereocenters. The quantitative estimate of drug-likeness (QED) is 0.140. The summed E-state index contributed by atoms with van der Waals surface area (Å²) in [5.74, 6) is -1.04. The second-order valence-electron chi connectivity index (χ2n) is 11.3. The van der Waals surface area contributed by atoms with Crippen LogP contribution >= 0.6 is 23.4 Å². The molecule has 41 heavy (non-hydrogen) atoms. The molecular formula is C31H34ClF3N3O2S+. The van der Waals surface area contributed by atoms with Crippen LogP contribution in [-0.4, -0.2) is 55.9 Å².